The SMILES string of the molecule is CC(C)(Cc1cc(Cl)cc(Cl)c1)NCC(O)c1cc(O)cc2c1OCC(=O)N2. The average molecular weight is 425 g/mol. The van der Waals surface area contributed by atoms with Gasteiger partial charge in [-0.15, -0.1) is 0 Å². The Hall–Kier alpha value is -1.99. The molecular formula is C20H22Cl2N2O4. The molecule has 1 aliphatic heterocycles. The van der Waals surface area contributed by atoms with E-state index in [0.717, 1.165) is 5.56 Å². The minimum absolute atomic E-state index is 0.0635. The highest BCUT2D eigenvalue weighted by Crippen LogP contribution is 2.38. The van der Waals surface area contributed by atoms with E-state index in [4.69, 9.17) is 27.9 Å². The minimum atomic E-state index is -0.946. The maximum atomic E-state index is 11.5. The maximum absolute atomic E-state index is 11.5. The molecule has 1 atom stereocenters. The number of β-amino-alcohol motifs (C(OH)–C–C–N with tert-alkyl or cyclic N) is 1. The third-order valence-electron chi connectivity index (χ3n) is 4.43. The topological polar surface area (TPSA) is 90.8 Å². The lowest BCUT2D eigenvalue weighted by molar-refractivity contribution is -0.118. The first-order valence-electron chi connectivity index (χ1n) is 8.80. The zero-order chi connectivity index (χ0) is 20.5. The normalized spacial score (nSPS) is 14.8. The van der Waals surface area contributed by atoms with Crippen LogP contribution in [0.2, 0.25) is 10.0 Å². The molecule has 0 saturated carbocycles. The Morgan fingerprint density at radius 1 is 1.21 bits per heavy atom. The zero-order valence-corrected chi connectivity index (χ0v) is 17.1. The number of benzene rings is 2. The summed E-state index contributed by atoms with van der Waals surface area (Å²) in [4.78, 5) is 11.5. The fraction of sp³-hybridized carbons (Fsp3) is 0.350. The molecule has 0 aromatic heterocycles. The molecule has 0 spiro atoms. The number of amides is 1. The number of anilines is 1. The first-order chi connectivity index (χ1) is 13.1. The van der Waals surface area contributed by atoms with Crippen molar-refractivity contribution < 1.29 is 19.7 Å². The Balaban J connectivity index is 1.71. The van der Waals surface area contributed by atoms with Crippen molar-refractivity contribution in [2.75, 3.05) is 18.5 Å². The van der Waals surface area contributed by atoms with Gasteiger partial charge in [0.05, 0.1) is 11.8 Å². The Bertz CT molecular complexity index is 882. The van der Waals surface area contributed by atoms with E-state index in [1.807, 2.05) is 26.0 Å². The highest BCUT2D eigenvalue weighted by atomic mass is 35.5. The lowest BCUT2D eigenvalue weighted by atomic mass is 9.94. The standard InChI is InChI=1S/C20H22Cl2N2O4/c1-20(2,8-11-3-12(21)5-13(22)4-11)23-9-17(26)15-6-14(25)7-16-19(15)28-10-18(27)24-16/h3-7,17,23,25-26H,8-10H2,1-2H3,(H,24,27). The van der Waals surface area contributed by atoms with Crippen LogP contribution in [0.1, 0.15) is 31.1 Å². The summed E-state index contributed by atoms with van der Waals surface area (Å²) in [5.74, 6) is -0.00413. The molecule has 0 radical (unpaired) electrons. The summed E-state index contributed by atoms with van der Waals surface area (Å²) in [6.45, 7) is 4.09. The number of hydrogen-bond donors (Lipinski definition) is 4. The second kappa shape index (κ2) is 8.17. The number of hydrogen-bond acceptors (Lipinski definition) is 5. The number of phenolic OH excluding ortho intramolecular Hbond substituents is 1. The van der Waals surface area contributed by atoms with Crippen LogP contribution >= 0.6 is 23.2 Å². The number of fused-ring (bicyclic) bond motifs is 1. The molecule has 2 aromatic carbocycles. The predicted octanol–water partition coefficient (Wildman–Crippen LogP) is 3.67. The Morgan fingerprint density at radius 2 is 1.89 bits per heavy atom. The lowest BCUT2D eigenvalue weighted by Gasteiger charge is -2.29. The second-order valence-electron chi connectivity index (χ2n) is 7.48. The molecular weight excluding hydrogens is 403 g/mol. The van der Waals surface area contributed by atoms with E-state index in [0.29, 0.717) is 33.5 Å². The van der Waals surface area contributed by atoms with Crippen LogP contribution in [0.5, 0.6) is 11.5 Å². The van der Waals surface area contributed by atoms with Crippen molar-refractivity contribution in [2.24, 2.45) is 0 Å². The number of rotatable bonds is 6. The summed E-state index contributed by atoms with van der Waals surface area (Å²) in [6.07, 6.45) is -0.303. The number of aliphatic hydroxyl groups is 1. The lowest BCUT2D eigenvalue weighted by Crippen LogP contribution is -2.43. The molecule has 2 aromatic rings. The van der Waals surface area contributed by atoms with Crippen LogP contribution in [0.3, 0.4) is 0 Å². The van der Waals surface area contributed by atoms with Gasteiger partial charge in [0.1, 0.15) is 11.5 Å². The van der Waals surface area contributed by atoms with E-state index < -0.39 is 6.10 Å². The van der Waals surface area contributed by atoms with E-state index in [1.54, 1.807) is 6.07 Å². The van der Waals surface area contributed by atoms with Crippen molar-refractivity contribution in [1.82, 2.24) is 5.32 Å². The van der Waals surface area contributed by atoms with Gasteiger partial charge in [0.15, 0.2) is 6.61 Å². The van der Waals surface area contributed by atoms with Gasteiger partial charge in [0.2, 0.25) is 0 Å². The van der Waals surface area contributed by atoms with E-state index in [1.165, 1.54) is 12.1 Å². The first kappa shape index (κ1) is 20.7. The summed E-state index contributed by atoms with van der Waals surface area (Å²) in [6, 6.07) is 8.22. The van der Waals surface area contributed by atoms with Crippen molar-refractivity contribution in [3.63, 3.8) is 0 Å². The van der Waals surface area contributed by atoms with Crippen molar-refractivity contribution >= 4 is 34.8 Å². The third kappa shape index (κ3) is 5.08. The smallest absolute Gasteiger partial charge is 0.262 e. The second-order valence-corrected chi connectivity index (χ2v) is 8.36. The molecule has 1 heterocycles. The third-order valence-corrected chi connectivity index (χ3v) is 4.86. The van der Waals surface area contributed by atoms with Crippen molar-refractivity contribution in [3.05, 3.63) is 51.5 Å². The molecule has 4 N–H and O–H groups in total. The van der Waals surface area contributed by atoms with Gasteiger partial charge in [-0.1, -0.05) is 23.2 Å². The maximum Gasteiger partial charge on any atom is 0.262 e. The molecule has 3 rings (SSSR count). The van der Waals surface area contributed by atoms with E-state index in [9.17, 15) is 15.0 Å². The van der Waals surface area contributed by atoms with Crippen LogP contribution in [-0.2, 0) is 11.2 Å². The molecule has 6 nitrogen and oxygen atoms in total. The Labute approximate surface area is 173 Å². The molecule has 1 unspecified atom stereocenters. The highest BCUT2D eigenvalue weighted by Gasteiger charge is 2.26. The number of carbonyl (C=O) groups is 1. The van der Waals surface area contributed by atoms with Crippen molar-refractivity contribution in [2.45, 2.75) is 31.9 Å². The molecule has 8 heteroatoms. The van der Waals surface area contributed by atoms with Crippen LogP contribution in [-0.4, -0.2) is 34.8 Å². The van der Waals surface area contributed by atoms with Crippen LogP contribution in [0.4, 0.5) is 5.69 Å². The first-order valence-corrected chi connectivity index (χ1v) is 9.56. The van der Waals surface area contributed by atoms with Crippen molar-refractivity contribution in [3.8, 4) is 11.5 Å². The summed E-state index contributed by atoms with van der Waals surface area (Å²) < 4.78 is 5.46. The molecule has 1 amide bonds. The fourth-order valence-electron chi connectivity index (χ4n) is 3.23. The van der Waals surface area contributed by atoms with Crippen LogP contribution < -0.4 is 15.4 Å². The van der Waals surface area contributed by atoms with Crippen LogP contribution in [0, 0.1) is 0 Å². The van der Waals surface area contributed by atoms with E-state index in [2.05, 4.69) is 10.6 Å². The quantitative estimate of drug-likeness (QED) is 0.567. The molecule has 0 bridgehead atoms. The van der Waals surface area contributed by atoms with E-state index in [-0.39, 0.29) is 30.3 Å². The number of nitrogens with one attached hydrogen (secondary N) is 2. The van der Waals surface area contributed by atoms with E-state index >= 15 is 0 Å². The molecule has 0 fully saturated rings. The number of aliphatic hydroxyl groups excluding tert-OH is 1. The van der Waals surface area contributed by atoms with Gasteiger partial charge < -0.3 is 25.6 Å². The monoisotopic (exact) mass is 424 g/mol. The minimum Gasteiger partial charge on any atom is -0.508 e. The molecule has 0 aliphatic carbocycles. The van der Waals surface area contributed by atoms with Gasteiger partial charge in [0, 0.05) is 33.8 Å². The fourth-order valence-corrected chi connectivity index (χ4v) is 3.80. The van der Waals surface area contributed by atoms with Gasteiger partial charge in [-0.25, -0.2) is 0 Å². The van der Waals surface area contributed by atoms with Crippen LogP contribution in [0.25, 0.3) is 0 Å². The summed E-state index contributed by atoms with van der Waals surface area (Å²) in [5.41, 5.74) is 1.37. The largest absolute Gasteiger partial charge is 0.508 e. The number of aromatic hydroxyl groups is 1. The van der Waals surface area contributed by atoms with Gasteiger partial charge in [-0.05, 0) is 50.1 Å². The Morgan fingerprint density at radius 3 is 2.57 bits per heavy atom. The summed E-state index contributed by atoms with van der Waals surface area (Å²) >= 11 is 12.1. The van der Waals surface area contributed by atoms with Crippen molar-refractivity contribution in [1.29, 1.82) is 0 Å². The Kier molecular flexibility index (Phi) is 6.05. The number of ether oxygens (including phenoxy) is 1. The number of carbonyl (C=O) groups excluding carboxylic acids is 1. The zero-order valence-electron chi connectivity index (χ0n) is 15.6. The summed E-state index contributed by atoms with van der Waals surface area (Å²) in [7, 11) is 0. The van der Waals surface area contributed by atoms with Gasteiger partial charge >= 0.3 is 0 Å². The highest BCUT2D eigenvalue weighted by molar-refractivity contribution is 6.34. The molecule has 28 heavy (non-hydrogen) atoms. The van der Waals surface area contributed by atoms with Gasteiger partial charge in [0.25, 0.3) is 5.91 Å². The van der Waals surface area contributed by atoms with Gasteiger partial charge in [-0.3, -0.25) is 4.79 Å². The molecule has 1 aliphatic rings. The molecule has 150 valence electrons. The van der Waals surface area contributed by atoms with Crippen LogP contribution in [0.15, 0.2) is 30.3 Å². The number of phenols is 1. The van der Waals surface area contributed by atoms with Gasteiger partial charge in [-0.2, -0.15) is 0 Å². The average Bonchev–Trinajstić information content (AvgIpc) is 2.57. The number of halogens is 2. The molecule has 0 saturated heterocycles. The summed E-state index contributed by atoms with van der Waals surface area (Å²) in [5, 5.41) is 27.7. The predicted molar refractivity (Wildman–Crippen MR) is 109 cm³/mol.